The zero-order valence-electron chi connectivity index (χ0n) is 17.5. The summed E-state index contributed by atoms with van der Waals surface area (Å²) < 4.78 is 10.8. The van der Waals surface area contributed by atoms with Crippen molar-refractivity contribution in [2.45, 2.75) is 32.7 Å². The molecule has 0 aliphatic carbocycles. The second-order valence-electron chi connectivity index (χ2n) is 7.56. The summed E-state index contributed by atoms with van der Waals surface area (Å²) in [7, 11) is 5.25. The fourth-order valence-electron chi connectivity index (χ4n) is 4.03. The Hall–Kier alpha value is -2.69. The van der Waals surface area contributed by atoms with Crippen LogP contribution in [-0.4, -0.2) is 45.2 Å². The number of methoxy groups -OCH3 is 2. The highest BCUT2D eigenvalue weighted by Crippen LogP contribution is 2.37. The number of benzene rings is 2. The van der Waals surface area contributed by atoms with Crippen molar-refractivity contribution in [2.75, 3.05) is 39.3 Å². The zero-order valence-corrected chi connectivity index (χ0v) is 17.5. The van der Waals surface area contributed by atoms with Crippen molar-refractivity contribution in [3.05, 3.63) is 53.1 Å². The van der Waals surface area contributed by atoms with Crippen molar-refractivity contribution >= 4 is 11.6 Å². The van der Waals surface area contributed by atoms with Gasteiger partial charge in [0.2, 0.25) is 5.91 Å². The zero-order chi connectivity index (χ0) is 20.3. The van der Waals surface area contributed by atoms with Crippen LogP contribution < -0.4 is 14.4 Å². The molecule has 1 heterocycles. The number of anilines is 1. The average Bonchev–Trinajstić information content (AvgIpc) is 3.16. The third-order valence-electron chi connectivity index (χ3n) is 5.39. The van der Waals surface area contributed by atoms with E-state index in [2.05, 4.69) is 32.0 Å². The molecular formula is C23H30N2O3. The number of ether oxygens (including phenoxy) is 2. The van der Waals surface area contributed by atoms with Crippen molar-refractivity contribution in [3.63, 3.8) is 0 Å². The van der Waals surface area contributed by atoms with Gasteiger partial charge >= 0.3 is 0 Å². The van der Waals surface area contributed by atoms with Crippen LogP contribution in [0.4, 0.5) is 5.69 Å². The Bertz CT molecular complexity index is 829. The number of likely N-dealkylation sites (N-methyl/N-ethyl adjacent to an activating group) is 1. The van der Waals surface area contributed by atoms with Crippen molar-refractivity contribution in [3.8, 4) is 11.5 Å². The SMILES string of the molecule is COc1ccc(C2CCCN2C(=O)CN(C)c2cc(C)cc(C)c2)cc1OC. The van der Waals surface area contributed by atoms with E-state index in [-0.39, 0.29) is 11.9 Å². The van der Waals surface area contributed by atoms with Gasteiger partial charge in [-0.25, -0.2) is 0 Å². The average molecular weight is 383 g/mol. The van der Waals surface area contributed by atoms with Crippen LogP contribution in [0.15, 0.2) is 36.4 Å². The first-order valence-electron chi connectivity index (χ1n) is 9.73. The number of nitrogens with zero attached hydrogens (tertiary/aromatic N) is 2. The highest BCUT2D eigenvalue weighted by molar-refractivity contribution is 5.82. The summed E-state index contributed by atoms with van der Waals surface area (Å²) in [5.41, 5.74) is 4.59. The van der Waals surface area contributed by atoms with E-state index in [1.165, 1.54) is 11.1 Å². The summed E-state index contributed by atoms with van der Waals surface area (Å²) >= 11 is 0. The fraction of sp³-hybridized carbons (Fsp3) is 0.435. The number of hydrogen-bond acceptors (Lipinski definition) is 4. The van der Waals surface area contributed by atoms with Gasteiger partial charge in [0.15, 0.2) is 11.5 Å². The predicted molar refractivity (Wildman–Crippen MR) is 112 cm³/mol. The molecule has 0 N–H and O–H groups in total. The van der Waals surface area contributed by atoms with Crippen LogP contribution in [0.2, 0.25) is 0 Å². The normalized spacial score (nSPS) is 16.2. The first-order chi connectivity index (χ1) is 13.4. The predicted octanol–water partition coefficient (Wildman–Crippen LogP) is 4.12. The minimum absolute atomic E-state index is 0.0833. The molecule has 1 aliphatic heterocycles. The Balaban J connectivity index is 1.76. The van der Waals surface area contributed by atoms with Gasteiger partial charge in [0.1, 0.15) is 0 Å². The molecule has 0 spiro atoms. The van der Waals surface area contributed by atoms with Crippen LogP contribution in [0, 0.1) is 13.8 Å². The molecule has 5 nitrogen and oxygen atoms in total. The maximum Gasteiger partial charge on any atom is 0.242 e. The van der Waals surface area contributed by atoms with Crippen LogP contribution in [0.5, 0.6) is 11.5 Å². The van der Waals surface area contributed by atoms with E-state index >= 15 is 0 Å². The molecule has 1 amide bonds. The molecule has 3 rings (SSSR count). The standard InChI is InChI=1S/C23H30N2O3/c1-16-11-17(2)13-19(12-16)24(3)15-23(26)25-10-6-7-20(25)18-8-9-21(27-4)22(14-18)28-5/h8-9,11-14,20H,6-7,10,15H2,1-5H3. The van der Waals surface area contributed by atoms with Gasteiger partial charge in [-0.2, -0.15) is 0 Å². The first-order valence-corrected chi connectivity index (χ1v) is 9.73. The number of amides is 1. The number of carbonyl (C=O) groups excluding carboxylic acids is 1. The van der Waals surface area contributed by atoms with Gasteiger partial charge in [-0.05, 0) is 67.6 Å². The van der Waals surface area contributed by atoms with Crippen molar-refractivity contribution in [2.24, 2.45) is 0 Å². The molecule has 5 heteroatoms. The second-order valence-corrected chi connectivity index (χ2v) is 7.56. The number of aryl methyl sites for hydroxylation is 2. The quantitative estimate of drug-likeness (QED) is 0.754. The maximum atomic E-state index is 13.1. The Kier molecular flexibility index (Phi) is 6.12. The van der Waals surface area contributed by atoms with Gasteiger partial charge in [-0.15, -0.1) is 0 Å². The number of likely N-dealkylation sites (tertiary alicyclic amines) is 1. The molecule has 0 saturated carbocycles. The summed E-state index contributed by atoms with van der Waals surface area (Å²) in [6.45, 7) is 5.32. The van der Waals surface area contributed by atoms with E-state index in [4.69, 9.17) is 9.47 Å². The molecule has 28 heavy (non-hydrogen) atoms. The monoisotopic (exact) mass is 382 g/mol. The largest absolute Gasteiger partial charge is 0.493 e. The molecule has 0 bridgehead atoms. The van der Waals surface area contributed by atoms with Crippen LogP contribution in [-0.2, 0) is 4.79 Å². The van der Waals surface area contributed by atoms with Crippen LogP contribution >= 0.6 is 0 Å². The number of carbonyl (C=O) groups is 1. The van der Waals surface area contributed by atoms with Gasteiger partial charge in [0.05, 0.1) is 26.8 Å². The van der Waals surface area contributed by atoms with E-state index in [9.17, 15) is 4.79 Å². The van der Waals surface area contributed by atoms with Gasteiger partial charge in [0, 0.05) is 19.3 Å². The number of hydrogen-bond donors (Lipinski definition) is 0. The van der Waals surface area contributed by atoms with Gasteiger partial charge in [0.25, 0.3) is 0 Å². The van der Waals surface area contributed by atoms with Gasteiger partial charge in [-0.3, -0.25) is 4.79 Å². The topological polar surface area (TPSA) is 42.0 Å². The van der Waals surface area contributed by atoms with E-state index in [0.29, 0.717) is 18.0 Å². The van der Waals surface area contributed by atoms with E-state index in [1.807, 2.05) is 35.0 Å². The highest BCUT2D eigenvalue weighted by Gasteiger charge is 2.31. The van der Waals surface area contributed by atoms with Crippen molar-refractivity contribution in [1.82, 2.24) is 4.90 Å². The van der Waals surface area contributed by atoms with E-state index in [0.717, 1.165) is 30.6 Å². The lowest BCUT2D eigenvalue weighted by Crippen LogP contribution is -2.38. The van der Waals surface area contributed by atoms with Gasteiger partial charge < -0.3 is 19.3 Å². The fourth-order valence-corrected chi connectivity index (χ4v) is 4.03. The molecule has 1 fully saturated rings. The third-order valence-corrected chi connectivity index (χ3v) is 5.39. The minimum atomic E-state index is 0.0833. The molecule has 0 radical (unpaired) electrons. The number of rotatable bonds is 6. The van der Waals surface area contributed by atoms with Crippen LogP contribution in [0.25, 0.3) is 0 Å². The smallest absolute Gasteiger partial charge is 0.242 e. The highest BCUT2D eigenvalue weighted by atomic mass is 16.5. The van der Waals surface area contributed by atoms with Crippen molar-refractivity contribution in [1.29, 1.82) is 0 Å². The Morgan fingerprint density at radius 2 is 1.75 bits per heavy atom. The third kappa shape index (κ3) is 4.24. The van der Waals surface area contributed by atoms with E-state index < -0.39 is 0 Å². The molecule has 1 unspecified atom stereocenters. The maximum absolute atomic E-state index is 13.1. The Morgan fingerprint density at radius 3 is 2.39 bits per heavy atom. The van der Waals surface area contributed by atoms with E-state index in [1.54, 1.807) is 14.2 Å². The minimum Gasteiger partial charge on any atom is -0.493 e. The summed E-state index contributed by atoms with van der Waals surface area (Å²) in [5, 5.41) is 0. The van der Waals surface area contributed by atoms with Crippen LogP contribution in [0.3, 0.4) is 0 Å². The molecule has 150 valence electrons. The molecule has 2 aromatic rings. The molecule has 1 saturated heterocycles. The summed E-state index contributed by atoms with van der Waals surface area (Å²) in [6, 6.07) is 12.4. The second kappa shape index (κ2) is 8.55. The summed E-state index contributed by atoms with van der Waals surface area (Å²) in [4.78, 5) is 17.1. The Morgan fingerprint density at radius 1 is 1.07 bits per heavy atom. The molecule has 0 aromatic heterocycles. The first kappa shape index (κ1) is 20.1. The van der Waals surface area contributed by atoms with Crippen LogP contribution in [0.1, 0.15) is 35.6 Å². The molecular weight excluding hydrogens is 352 g/mol. The summed E-state index contributed by atoms with van der Waals surface area (Å²) in [6.07, 6.45) is 1.98. The lowest BCUT2D eigenvalue weighted by atomic mass is 10.0. The summed E-state index contributed by atoms with van der Waals surface area (Å²) in [5.74, 6) is 1.56. The van der Waals surface area contributed by atoms with Gasteiger partial charge in [-0.1, -0.05) is 12.1 Å². The Labute approximate surface area is 167 Å². The van der Waals surface area contributed by atoms with Crippen molar-refractivity contribution < 1.29 is 14.3 Å². The molecule has 1 aliphatic rings. The molecule has 2 aromatic carbocycles. The lowest BCUT2D eigenvalue weighted by Gasteiger charge is -2.28. The lowest BCUT2D eigenvalue weighted by molar-refractivity contribution is -0.130. The molecule has 1 atom stereocenters.